The number of ether oxygens (including phenoxy) is 2. The van der Waals surface area contributed by atoms with Gasteiger partial charge in [0, 0.05) is 14.1 Å². The zero-order valence-corrected chi connectivity index (χ0v) is 10.9. The Bertz CT molecular complexity index is 365. The van der Waals surface area contributed by atoms with Gasteiger partial charge in [-0.25, -0.2) is 0 Å². The standard InChI is InChI=1S/C13H20N2O2/c1-9(2)16-11-7-14-8-12(13(11)15(3)4)17-10-5-6-10/h7-10H,5-6H2,1-4H3. The molecule has 0 saturated heterocycles. The Morgan fingerprint density at radius 2 is 1.88 bits per heavy atom. The molecule has 1 aromatic rings. The molecule has 1 saturated carbocycles. The van der Waals surface area contributed by atoms with Gasteiger partial charge in [-0.2, -0.15) is 0 Å². The normalized spacial score (nSPS) is 14.9. The van der Waals surface area contributed by atoms with E-state index < -0.39 is 0 Å². The Kier molecular flexibility index (Phi) is 3.41. The first kappa shape index (κ1) is 12.0. The van der Waals surface area contributed by atoms with Gasteiger partial charge in [0.25, 0.3) is 0 Å². The topological polar surface area (TPSA) is 34.6 Å². The third kappa shape index (κ3) is 3.02. The molecule has 1 aliphatic rings. The zero-order valence-electron chi connectivity index (χ0n) is 10.9. The fourth-order valence-electron chi connectivity index (χ4n) is 1.65. The molecule has 4 heteroatoms. The molecule has 1 fully saturated rings. The van der Waals surface area contributed by atoms with E-state index >= 15 is 0 Å². The van der Waals surface area contributed by atoms with Crippen LogP contribution in [-0.4, -0.2) is 31.3 Å². The summed E-state index contributed by atoms with van der Waals surface area (Å²) in [5.74, 6) is 1.60. The van der Waals surface area contributed by atoms with Crippen LogP contribution in [0.25, 0.3) is 0 Å². The van der Waals surface area contributed by atoms with Crippen LogP contribution in [0.15, 0.2) is 12.4 Å². The first-order valence-electron chi connectivity index (χ1n) is 6.06. The van der Waals surface area contributed by atoms with Gasteiger partial charge in [0.05, 0.1) is 24.6 Å². The smallest absolute Gasteiger partial charge is 0.165 e. The van der Waals surface area contributed by atoms with Crippen LogP contribution in [0.2, 0.25) is 0 Å². The second kappa shape index (κ2) is 4.82. The van der Waals surface area contributed by atoms with Gasteiger partial charge >= 0.3 is 0 Å². The average Bonchev–Trinajstić information content (AvgIpc) is 3.00. The first-order valence-corrected chi connectivity index (χ1v) is 6.06. The first-order chi connectivity index (χ1) is 8.08. The minimum Gasteiger partial charge on any atom is -0.487 e. The van der Waals surface area contributed by atoms with E-state index in [1.165, 1.54) is 0 Å². The molecule has 0 aliphatic heterocycles. The van der Waals surface area contributed by atoms with E-state index in [1.54, 1.807) is 12.4 Å². The third-order valence-corrected chi connectivity index (χ3v) is 2.48. The van der Waals surface area contributed by atoms with E-state index in [2.05, 4.69) is 4.98 Å². The molecule has 94 valence electrons. The van der Waals surface area contributed by atoms with Crippen molar-refractivity contribution < 1.29 is 9.47 Å². The van der Waals surface area contributed by atoms with Crippen molar-refractivity contribution in [3.05, 3.63) is 12.4 Å². The van der Waals surface area contributed by atoms with E-state index in [0.717, 1.165) is 30.0 Å². The van der Waals surface area contributed by atoms with Crippen LogP contribution in [0, 0.1) is 0 Å². The van der Waals surface area contributed by atoms with Crippen LogP contribution >= 0.6 is 0 Å². The summed E-state index contributed by atoms with van der Waals surface area (Å²) in [6, 6.07) is 0. The largest absolute Gasteiger partial charge is 0.487 e. The number of hydrogen-bond acceptors (Lipinski definition) is 4. The molecule has 0 N–H and O–H groups in total. The van der Waals surface area contributed by atoms with Crippen molar-refractivity contribution in [1.29, 1.82) is 0 Å². The molecule has 0 bridgehead atoms. The van der Waals surface area contributed by atoms with Crippen molar-refractivity contribution in [2.75, 3.05) is 19.0 Å². The Morgan fingerprint density at radius 3 is 2.41 bits per heavy atom. The maximum absolute atomic E-state index is 5.86. The third-order valence-electron chi connectivity index (χ3n) is 2.48. The minimum absolute atomic E-state index is 0.131. The molecule has 1 heterocycles. The Hall–Kier alpha value is -1.45. The summed E-state index contributed by atoms with van der Waals surface area (Å²) in [6.45, 7) is 4.02. The molecule has 0 aromatic carbocycles. The van der Waals surface area contributed by atoms with Gasteiger partial charge in [-0.3, -0.25) is 4.98 Å². The van der Waals surface area contributed by atoms with Crippen LogP contribution in [-0.2, 0) is 0 Å². The quantitative estimate of drug-likeness (QED) is 0.786. The molecular weight excluding hydrogens is 216 g/mol. The van der Waals surface area contributed by atoms with Gasteiger partial charge in [0.1, 0.15) is 5.69 Å². The lowest BCUT2D eigenvalue weighted by atomic mass is 10.3. The molecule has 17 heavy (non-hydrogen) atoms. The van der Waals surface area contributed by atoms with Gasteiger partial charge in [0.2, 0.25) is 0 Å². The summed E-state index contributed by atoms with van der Waals surface area (Å²) in [5.41, 5.74) is 0.973. The molecule has 4 nitrogen and oxygen atoms in total. The fourth-order valence-corrected chi connectivity index (χ4v) is 1.65. The Balaban J connectivity index is 2.29. The van der Waals surface area contributed by atoms with Crippen LogP contribution in [0.4, 0.5) is 5.69 Å². The van der Waals surface area contributed by atoms with E-state index in [-0.39, 0.29) is 6.10 Å². The number of aromatic nitrogens is 1. The SMILES string of the molecule is CC(C)Oc1cncc(OC2CC2)c1N(C)C. The molecule has 0 unspecified atom stereocenters. The van der Waals surface area contributed by atoms with Gasteiger partial charge in [-0.05, 0) is 26.7 Å². The lowest BCUT2D eigenvalue weighted by molar-refractivity contribution is 0.239. The summed E-state index contributed by atoms with van der Waals surface area (Å²) < 4.78 is 11.6. The minimum atomic E-state index is 0.131. The summed E-state index contributed by atoms with van der Waals surface area (Å²) in [7, 11) is 3.98. The Morgan fingerprint density at radius 1 is 1.24 bits per heavy atom. The maximum atomic E-state index is 5.86. The number of anilines is 1. The fraction of sp³-hybridized carbons (Fsp3) is 0.615. The van der Waals surface area contributed by atoms with Crippen LogP contribution in [0.5, 0.6) is 11.5 Å². The average molecular weight is 236 g/mol. The van der Waals surface area contributed by atoms with Crippen molar-refractivity contribution in [2.24, 2.45) is 0 Å². The van der Waals surface area contributed by atoms with Crippen molar-refractivity contribution in [2.45, 2.75) is 38.9 Å². The van der Waals surface area contributed by atoms with Crippen molar-refractivity contribution >= 4 is 5.69 Å². The predicted octanol–water partition coefficient (Wildman–Crippen LogP) is 2.48. The lowest BCUT2D eigenvalue weighted by Crippen LogP contribution is -2.15. The van der Waals surface area contributed by atoms with Crippen molar-refractivity contribution in [1.82, 2.24) is 4.98 Å². The van der Waals surface area contributed by atoms with Crippen molar-refractivity contribution in [3.8, 4) is 11.5 Å². The van der Waals surface area contributed by atoms with E-state index in [1.807, 2.05) is 32.8 Å². The Labute approximate surface area is 103 Å². The highest BCUT2D eigenvalue weighted by Crippen LogP contribution is 2.39. The number of rotatable bonds is 5. The second-order valence-corrected chi connectivity index (χ2v) is 4.86. The molecule has 0 spiro atoms. The molecule has 0 amide bonds. The molecule has 1 aromatic heterocycles. The van der Waals surface area contributed by atoms with E-state index in [9.17, 15) is 0 Å². The van der Waals surface area contributed by atoms with E-state index in [4.69, 9.17) is 9.47 Å². The van der Waals surface area contributed by atoms with Gasteiger partial charge in [-0.1, -0.05) is 0 Å². The number of hydrogen-bond donors (Lipinski definition) is 0. The van der Waals surface area contributed by atoms with Crippen molar-refractivity contribution in [3.63, 3.8) is 0 Å². The highest BCUT2D eigenvalue weighted by Gasteiger charge is 2.26. The number of nitrogens with zero attached hydrogens (tertiary/aromatic N) is 2. The van der Waals surface area contributed by atoms with Crippen LogP contribution in [0.1, 0.15) is 26.7 Å². The summed E-state index contributed by atoms with van der Waals surface area (Å²) in [5, 5.41) is 0. The molecule has 0 atom stereocenters. The second-order valence-electron chi connectivity index (χ2n) is 4.86. The van der Waals surface area contributed by atoms with Crippen LogP contribution < -0.4 is 14.4 Å². The summed E-state index contributed by atoms with van der Waals surface area (Å²) >= 11 is 0. The molecular formula is C13H20N2O2. The molecule has 2 rings (SSSR count). The molecule has 0 radical (unpaired) electrons. The van der Waals surface area contributed by atoms with Crippen LogP contribution in [0.3, 0.4) is 0 Å². The predicted molar refractivity (Wildman–Crippen MR) is 68.0 cm³/mol. The molecule has 1 aliphatic carbocycles. The lowest BCUT2D eigenvalue weighted by Gasteiger charge is -2.22. The summed E-state index contributed by atoms with van der Waals surface area (Å²) in [6.07, 6.45) is 6.29. The highest BCUT2D eigenvalue weighted by atomic mass is 16.5. The van der Waals surface area contributed by atoms with E-state index in [0.29, 0.717) is 6.10 Å². The zero-order chi connectivity index (χ0) is 12.4. The maximum Gasteiger partial charge on any atom is 0.165 e. The number of pyridine rings is 1. The summed E-state index contributed by atoms with van der Waals surface area (Å²) in [4.78, 5) is 6.20. The monoisotopic (exact) mass is 236 g/mol. The van der Waals surface area contributed by atoms with Gasteiger partial charge in [-0.15, -0.1) is 0 Å². The van der Waals surface area contributed by atoms with Gasteiger partial charge in [0.15, 0.2) is 11.5 Å². The van der Waals surface area contributed by atoms with Gasteiger partial charge < -0.3 is 14.4 Å². The highest BCUT2D eigenvalue weighted by molar-refractivity contribution is 5.65.